The minimum atomic E-state index is -0.429. The molecule has 3 aliphatic carbocycles. The molecular weight excluding hydrogens is 268 g/mol. The van der Waals surface area contributed by atoms with E-state index in [4.69, 9.17) is 9.47 Å². The monoisotopic (exact) mass is 292 g/mol. The van der Waals surface area contributed by atoms with Crippen molar-refractivity contribution in [2.24, 2.45) is 17.3 Å². The van der Waals surface area contributed by atoms with E-state index in [2.05, 4.69) is 13.0 Å². The Bertz CT molecular complexity index is 491. The van der Waals surface area contributed by atoms with Crippen molar-refractivity contribution in [1.82, 2.24) is 0 Å². The van der Waals surface area contributed by atoms with Crippen molar-refractivity contribution >= 4 is 5.78 Å². The zero-order valence-electron chi connectivity index (χ0n) is 12.6. The number of hydrogen-bond donors (Lipinski definition) is 1. The summed E-state index contributed by atoms with van der Waals surface area (Å²) in [6.45, 7) is 3.59. The molecule has 3 fully saturated rings. The van der Waals surface area contributed by atoms with Crippen molar-refractivity contribution in [2.45, 2.75) is 57.3 Å². The van der Waals surface area contributed by atoms with Crippen LogP contribution in [0.1, 0.15) is 45.4 Å². The summed E-state index contributed by atoms with van der Waals surface area (Å²) in [6.07, 6.45) is 6.44. The lowest BCUT2D eigenvalue weighted by Gasteiger charge is -2.54. The minimum Gasteiger partial charge on any atom is -0.393 e. The molecule has 1 spiro atoms. The Hall–Kier alpha value is -0.710. The molecule has 1 heterocycles. The van der Waals surface area contributed by atoms with Crippen LogP contribution in [0.2, 0.25) is 0 Å². The van der Waals surface area contributed by atoms with Crippen molar-refractivity contribution < 1.29 is 19.4 Å². The Morgan fingerprint density at radius 1 is 1.29 bits per heavy atom. The third-order valence-electron chi connectivity index (χ3n) is 6.33. The first-order valence-electron chi connectivity index (χ1n) is 8.22. The van der Waals surface area contributed by atoms with Crippen LogP contribution in [0.15, 0.2) is 11.6 Å². The third-order valence-corrected chi connectivity index (χ3v) is 6.33. The van der Waals surface area contributed by atoms with E-state index in [0.29, 0.717) is 31.8 Å². The van der Waals surface area contributed by atoms with Crippen LogP contribution >= 0.6 is 0 Å². The number of aliphatic hydroxyl groups excluding tert-OH is 1. The van der Waals surface area contributed by atoms with E-state index in [9.17, 15) is 9.90 Å². The maximum Gasteiger partial charge on any atom is 0.172 e. The van der Waals surface area contributed by atoms with Gasteiger partial charge in [-0.2, -0.15) is 0 Å². The maximum absolute atomic E-state index is 12.3. The minimum absolute atomic E-state index is 0.0157. The number of ketones is 1. The molecule has 4 atom stereocenters. The Morgan fingerprint density at radius 2 is 2.05 bits per heavy atom. The summed E-state index contributed by atoms with van der Waals surface area (Å²) < 4.78 is 11.7. The van der Waals surface area contributed by atoms with Gasteiger partial charge in [-0.25, -0.2) is 0 Å². The van der Waals surface area contributed by atoms with Crippen LogP contribution in [0.25, 0.3) is 0 Å². The van der Waals surface area contributed by atoms with Gasteiger partial charge in [0.2, 0.25) is 0 Å². The highest BCUT2D eigenvalue weighted by Crippen LogP contribution is 2.58. The SMILES string of the molecule is C[C@]12CCC3(CC1=CC[C@@H]1C(=O)CC[C@@H](O)[C@@H]12)OCCO3. The quantitative estimate of drug-likeness (QED) is 0.696. The Morgan fingerprint density at radius 3 is 2.81 bits per heavy atom. The lowest BCUT2D eigenvalue weighted by molar-refractivity contribution is -0.187. The van der Waals surface area contributed by atoms with E-state index in [0.717, 1.165) is 25.7 Å². The summed E-state index contributed by atoms with van der Waals surface area (Å²) in [5.41, 5.74) is 1.27. The van der Waals surface area contributed by atoms with E-state index < -0.39 is 5.79 Å². The van der Waals surface area contributed by atoms with Crippen LogP contribution in [0.3, 0.4) is 0 Å². The van der Waals surface area contributed by atoms with Gasteiger partial charge in [0.15, 0.2) is 5.79 Å². The van der Waals surface area contributed by atoms with Gasteiger partial charge in [0.25, 0.3) is 0 Å². The summed E-state index contributed by atoms with van der Waals surface area (Å²) in [4.78, 5) is 12.3. The molecule has 4 heteroatoms. The van der Waals surface area contributed by atoms with Crippen molar-refractivity contribution in [1.29, 1.82) is 0 Å². The summed E-state index contributed by atoms with van der Waals surface area (Å²) in [7, 11) is 0. The number of ether oxygens (including phenoxy) is 2. The highest BCUT2D eigenvalue weighted by atomic mass is 16.7. The fraction of sp³-hybridized carbons (Fsp3) is 0.824. The molecule has 1 saturated heterocycles. The van der Waals surface area contributed by atoms with Gasteiger partial charge in [-0.1, -0.05) is 18.6 Å². The zero-order valence-corrected chi connectivity index (χ0v) is 12.6. The fourth-order valence-corrected chi connectivity index (χ4v) is 5.16. The van der Waals surface area contributed by atoms with Gasteiger partial charge in [-0.3, -0.25) is 4.79 Å². The molecule has 21 heavy (non-hydrogen) atoms. The lowest BCUT2D eigenvalue weighted by atomic mass is 9.52. The van der Waals surface area contributed by atoms with Crippen LogP contribution < -0.4 is 0 Å². The Labute approximate surface area is 125 Å². The third kappa shape index (κ3) is 1.96. The molecule has 0 aromatic carbocycles. The van der Waals surface area contributed by atoms with Crippen LogP contribution in [0.4, 0.5) is 0 Å². The molecular formula is C17H24O4. The predicted octanol–water partition coefficient (Wildman–Crippen LogP) is 2.21. The normalized spacial score (nSPS) is 45.1. The predicted molar refractivity (Wildman–Crippen MR) is 76.5 cm³/mol. The molecule has 0 unspecified atom stereocenters. The topological polar surface area (TPSA) is 55.8 Å². The molecule has 4 nitrogen and oxygen atoms in total. The molecule has 0 aromatic rings. The van der Waals surface area contributed by atoms with Gasteiger partial charge in [-0.05, 0) is 24.7 Å². The first-order valence-corrected chi connectivity index (χ1v) is 8.22. The number of Topliss-reactive ketones (excluding diaryl/α,β-unsaturated/α-hetero) is 1. The Kier molecular flexibility index (Phi) is 3.08. The summed E-state index contributed by atoms with van der Waals surface area (Å²) in [5, 5.41) is 10.5. The zero-order chi connectivity index (χ0) is 14.7. The summed E-state index contributed by atoms with van der Waals surface area (Å²) >= 11 is 0. The maximum atomic E-state index is 12.3. The van der Waals surface area contributed by atoms with Gasteiger partial charge in [-0.15, -0.1) is 0 Å². The van der Waals surface area contributed by atoms with Crippen molar-refractivity contribution in [3.05, 3.63) is 11.6 Å². The van der Waals surface area contributed by atoms with Crippen molar-refractivity contribution in [3.63, 3.8) is 0 Å². The van der Waals surface area contributed by atoms with Crippen LogP contribution in [0.5, 0.6) is 0 Å². The molecule has 0 amide bonds. The molecule has 116 valence electrons. The highest BCUT2D eigenvalue weighted by Gasteiger charge is 2.56. The molecule has 4 aliphatic rings. The second-order valence-electron chi connectivity index (χ2n) is 7.37. The van der Waals surface area contributed by atoms with Crippen molar-refractivity contribution in [3.8, 4) is 0 Å². The largest absolute Gasteiger partial charge is 0.393 e. The number of carbonyl (C=O) groups is 1. The van der Waals surface area contributed by atoms with Crippen LogP contribution in [-0.2, 0) is 14.3 Å². The number of carbonyl (C=O) groups excluding carboxylic acids is 1. The number of allylic oxidation sites excluding steroid dienone is 1. The standard InChI is InChI=1S/C17H24O4/c1-16-6-7-17(20-8-9-21-17)10-11(16)2-3-12-13(18)4-5-14(19)15(12)16/h2,12,14-15,19H,3-10H2,1H3/t12-,14-,15-,16+/m1/s1. The Balaban J connectivity index is 1.68. The highest BCUT2D eigenvalue weighted by molar-refractivity contribution is 5.83. The second kappa shape index (κ2) is 4.64. The summed E-state index contributed by atoms with van der Waals surface area (Å²) in [6, 6.07) is 0. The summed E-state index contributed by atoms with van der Waals surface area (Å²) in [5.74, 6) is 0.0110. The van der Waals surface area contributed by atoms with E-state index in [-0.39, 0.29) is 23.4 Å². The van der Waals surface area contributed by atoms with E-state index >= 15 is 0 Å². The molecule has 1 N–H and O–H groups in total. The van der Waals surface area contributed by atoms with Crippen molar-refractivity contribution in [2.75, 3.05) is 13.2 Å². The van der Waals surface area contributed by atoms with Crippen LogP contribution in [-0.4, -0.2) is 36.0 Å². The number of hydrogen-bond acceptors (Lipinski definition) is 4. The van der Waals surface area contributed by atoms with E-state index in [1.165, 1.54) is 5.57 Å². The smallest absolute Gasteiger partial charge is 0.172 e. The fourth-order valence-electron chi connectivity index (χ4n) is 5.16. The molecule has 2 saturated carbocycles. The van der Waals surface area contributed by atoms with E-state index in [1.54, 1.807) is 0 Å². The van der Waals surface area contributed by atoms with Gasteiger partial charge < -0.3 is 14.6 Å². The average Bonchev–Trinajstić information content (AvgIpc) is 2.92. The first kappa shape index (κ1) is 13.9. The first-order chi connectivity index (χ1) is 10.0. The average molecular weight is 292 g/mol. The number of rotatable bonds is 0. The molecule has 4 rings (SSSR count). The lowest BCUT2D eigenvalue weighted by Crippen LogP contribution is -2.53. The van der Waals surface area contributed by atoms with Gasteiger partial charge >= 0.3 is 0 Å². The number of fused-ring (bicyclic) bond motifs is 3. The molecule has 0 aromatic heterocycles. The molecule has 0 radical (unpaired) electrons. The molecule has 1 aliphatic heterocycles. The van der Waals surface area contributed by atoms with Crippen LogP contribution in [0, 0.1) is 17.3 Å². The molecule has 0 bridgehead atoms. The number of aliphatic hydroxyl groups is 1. The van der Waals surface area contributed by atoms with Gasteiger partial charge in [0.05, 0.1) is 19.3 Å². The second-order valence-corrected chi connectivity index (χ2v) is 7.37. The van der Waals surface area contributed by atoms with Gasteiger partial charge in [0, 0.05) is 31.1 Å². The van der Waals surface area contributed by atoms with E-state index in [1.807, 2.05) is 0 Å². The van der Waals surface area contributed by atoms with Gasteiger partial charge in [0.1, 0.15) is 5.78 Å².